The summed E-state index contributed by atoms with van der Waals surface area (Å²) in [5, 5.41) is 15.1. The number of rotatable bonds is 2. The number of nitrogens with zero attached hydrogens (tertiary/aromatic N) is 1. The Bertz CT molecular complexity index is 470. The van der Waals surface area contributed by atoms with Crippen molar-refractivity contribution in [3.8, 4) is 11.5 Å². The fourth-order valence-corrected chi connectivity index (χ4v) is 1.21. The van der Waals surface area contributed by atoms with Crippen molar-refractivity contribution in [3.05, 3.63) is 29.7 Å². The summed E-state index contributed by atoms with van der Waals surface area (Å²) >= 11 is 0. The number of aromatic amines is 1. The van der Waals surface area contributed by atoms with Gasteiger partial charge < -0.3 is 9.52 Å². The summed E-state index contributed by atoms with van der Waals surface area (Å²) < 4.78 is 5.28. The van der Waals surface area contributed by atoms with Gasteiger partial charge in [-0.2, -0.15) is 5.10 Å². The van der Waals surface area contributed by atoms with Gasteiger partial charge in [0.05, 0.1) is 6.20 Å². The van der Waals surface area contributed by atoms with Crippen molar-refractivity contribution in [1.82, 2.24) is 10.2 Å². The largest absolute Gasteiger partial charge is 0.478 e. The molecule has 0 spiro atoms. The average molecular weight is 192 g/mol. The van der Waals surface area contributed by atoms with Gasteiger partial charge in [-0.05, 0) is 19.1 Å². The van der Waals surface area contributed by atoms with Gasteiger partial charge in [-0.25, -0.2) is 4.79 Å². The number of carbonyl (C=O) groups is 1. The minimum Gasteiger partial charge on any atom is -0.478 e. The normalized spacial score (nSPS) is 10.4. The van der Waals surface area contributed by atoms with Gasteiger partial charge in [-0.1, -0.05) is 0 Å². The molecule has 14 heavy (non-hydrogen) atoms. The maximum absolute atomic E-state index is 10.8. The summed E-state index contributed by atoms with van der Waals surface area (Å²) in [4.78, 5) is 10.8. The van der Waals surface area contributed by atoms with Crippen LogP contribution in [0.4, 0.5) is 0 Å². The van der Waals surface area contributed by atoms with E-state index in [-0.39, 0.29) is 5.56 Å². The number of aromatic nitrogens is 2. The number of H-pyrrole nitrogens is 1. The third-order valence-electron chi connectivity index (χ3n) is 1.86. The molecule has 0 bridgehead atoms. The van der Waals surface area contributed by atoms with Crippen LogP contribution >= 0.6 is 0 Å². The van der Waals surface area contributed by atoms with E-state index in [0.29, 0.717) is 11.5 Å². The van der Waals surface area contributed by atoms with Gasteiger partial charge in [0.25, 0.3) is 0 Å². The second-order valence-corrected chi connectivity index (χ2v) is 2.87. The molecule has 0 aliphatic heterocycles. The first-order chi connectivity index (χ1) is 6.68. The lowest BCUT2D eigenvalue weighted by Gasteiger charge is -1.93. The van der Waals surface area contributed by atoms with Gasteiger partial charge in [-0.3, -0.25) is 5.10 Å². The highest BCUT2D eigenvalue weighted by Gasteiger charge is 2.16. The van der Waals surface area contributed by atoms with Crippen molar-refractivity contribution in [3.63, 3.8) is 0 Å². The van der Waals surface area contributed by atoms with E-state index in [1.807, 2.05) is 0 Å². The maximum atomic E-state index is 10.8. The first-order valence-electron chi connectivity index (χ1n) is 4.02. The van der Waals surface area contributed by atoms with E-state index < -0.39 is 5.97 Å². The number of aryl methyl sites for hydroxylation is 1. The van der Waals surface area contributed by atoms with E-state index in [4.69, 9.17) is 9.52 Å². The van der Waals surface area contributed by atoms with E-state index in [0.717, 1.165) is 5.76 Å². The summed E-state index contributed by atoms with van der Waals surface area (Å²) in [5.74, 6) is 0.186. The highest BCUT2D eigenvalue weighted by Crippen LogP contribution is 2.22. The Hall–Kier alpha value is -2.04. The summed E-state index contributed by atoms with van der Waals surface area (Å²) in [6, 6.07) is 3.47. The second kappa shape index (κ2) is 3.02. The summed E-state index contributed by atoms with van der Waals surface area (Å²) in [5.41, 5.74) is 0.505. The minimum atomic E-state index is -1.03. The van der Waals surface area contributed by atoms with Crippen molar-refractivity contribution in [2.24, 2.45) is 0 Å². The molecule has 0 unspecified atom stereocenters. The lowest BCUT2D eigenvalue weighted by atomic mass is 10.2. The highest BCUT2D eigenvalue weighted by atomic mass is 16.4. The van der Waals surface area contributed by atoms with Crippen molar-refractivity contribution in [2.75, 3.05) is 0 Å². The van der Waals surface area contributed by atoms with Crippen LogP contribution in [0.3, 0.4) is 0 Å². The third kappa shape index (κ3) is 1.28. The molecule has 0 saturated heterocycles. The number of hydrogen-bond donors (Lipinski definition) is 2. The van der Waals surface area contributed by atoms with Crippen LogP contribution < -0.4 is 0 Å². The fraction of sp³-hybridized carbons (Fsp3) is 0.111. The Kier molecular flexibility index (Phi) is 1.85. The molecule has 2 aromatic rings. The predicted octanol–water partition coefficient (Wildman–Crippen LogP) is 1.68. The van der Waals surface area contributed by atoms with Gasteiger partial charge in [0.1, 0.15) is 17.0 Å². The van der Waals surface area contributed by atoms with Gasteiger partial charge in [0.15, 0.2) is 5.76 Å². The molecule has 5 nitrogen and oxygen atoms in total. The van der Waals surface area contributed by atoms with Crippen LogP contribution in [-0.2, 0) is 0 Å². The Morgan fingerprint density at radius 2 is 2.36 bits per heavy atom. The molecule has 0 radical (unpaired) electrons. The van der Waals surface area contributed by atoms with Gasteiger partial charge >= 0.3 is 5.97 Å². The van der Waals surface area contributed by atoms with Crippen LogP contribution in [0.25, 0.3) is 11.5 Å². The molecule has 2 heterocycles. The molecular formula is C9H8N2O3. The van der Waals surface area contributed by atoms with Crippen LogP contribution in [0, 0.1) is 6.92 Å². The van der Waals surface area contributed by atoms with E-state index in [1.54, 1.807) is 19.1 Å². The predicted molar refractivity (Wildman–Crippen MR) is 48.0 cm³/mol. The van der Waals surface area contributed by atoms with Crippen molar-refractivity contribution < 1.29 is 14.3 Å². The Morgan fingerprint density at radius 1 is 1.57 bits per heavy atom. The zero-order valence-electron chi connectivity index (χ0n) is 7.44. The smallest absolute Gasteiger partial charge is 0.339 e. The van der Waals surface area contributed by atoms with Crippen LogP contribution in [-0.4, -0.2) is 21.3 Å². The van der Waals surface area contributed by atoms with Crippen molar-refractivity contribution in [2.45, 2.75) is 6.92 Å². The van der Waals surface area contributed by atoms with Crippen LogP contribution in [0.1, 0.15) is 16.1 Å². The zero-order valence-corrected chi connectivity index (χ0v) is 7.44. The molecule has 0 amide bonds. The SMILES string of the molecule is Cc1ccc(-c2[nH]ncc2C(=O)O)o1. The van der Waals surface area contributed by atoms with E-state index in [1.165, 1.54) is 6.20 Å². The number of furan rings is 1. The summed E-state index contributed by atoms with van der Waals surface area (Å²) in [7, 11) is 0. The third-order valence-corrected chi connectivity index (χ3v) is 1.86. The first-order valence-corrected chi connectivity index (χ1v) is 4.02. The second-order valence-electron chi connectivity index (χ2n) is 2.87. The van der Waals surface area contributed by atoms with E-state index >= 15 is 0 Å². The summed E-state index contributed by atoms with van der Waals surface area (Å²) in [6.45, 7) is 1.79. The molecule has 0 atom stereocenters. The lowest BCUT2D eigenvalue weighted by molar-refractivity contribution is 0.0697. The molecular weight excluding hydrogens is 184 g/mol. The van der Waals surface area contributed by atoms with Crippen LogP contribution in [0.2, 0.25) is 0 Å². The zero-order chi connectivity index (χ0) is 10.1. The van der Waals surface area contributed by atoms with Gasteiger partial charge in [-0.15, -0.1) is 0 Å². The molecule has 0 aliphatic carbocycles. The van der Waals surface area contributed by atoms with Gasteiger partial charge in [0.2, 0.25) is 0 Å². The molecule has 2 rings (SSSR count). The van der Waals surface area contributed by atoms with E-state index in [9.17, 15) is 4.79 Å². The Labute approximate surface area is 79.4 Å². The molecule has 2 aromatic heterocycles. The first kappa shape index (κ1) is 8.55. The molecule has 0 fully saturated rings. The number of aromatic carboxylic acids is 1. The Morgan fingerprint density at radius 3 is 2.93 bits per heavy atom. The monoisotopic (exact) mass is 192 g/mol. The fourth-order valence-electron chi connectivity index (χ4n) is 1.21. The lowest BCUT2D eigenvalue weighted by Crippen LogP contribution is -1.95. The minimum absolute atomic E-state index is 0.111. The molecule has 0 aromatic carbocycles. The van der Waals surface area contributed by atoms with Crippen LogP contribution in [0.5, 0.6) is 0 Å². The van der Waals surface area contributed by atoms with Gasteiger partial charge in [0, 0.05) is 0 Å². The molecule has 2 N–H and O–H groups in total. The Balaban J connectivity index is 2.51. The average Bonchev–Trinajstić information content (AvgIpc) is 2.70. The maximum Gasteiger partial charge on any atom is 0.339 e. The number of nitrogens with one attached hydrogen (secondary N) is 1. The topological polar surface area (TPSA) is 79.1 Å². The van der Waals surface area contributed by atoms with Crippen LogP contribution in [0.15, 0.2) is 22.7 Å². The summed E-state index contributed by atoms with van der Waals surface area (Å²) in [6.07, 6.45) is 1.26. The standard InChI is InChI=1S/C9H8N2O3/c1-5-2-3-7(14-5)8-6(9(12)13)4-10-11-8/h2-4H,1H3,(H,10,11)(H,12,13). The van der Waals surface area contributed by atoms with Crippen molar-refractivity contribution in [1.29, 1.82) is 0 Å². The quantitative estimate of drug-likeness (QED) is 0.758. The molecule has 5 heteroatoms. The molecule has 72 valence electrons. The number of carboxylic acid groups (broad SMARTS) is 1. The number of carboxylic acids is 1. The molecule has 0 saturated carbocycles. The molecule has 0 aliphatic rings. The number of hydrogen-bond acceptors (Lipinski definition) is 3. The highest BCUT2D eigenvalue weighted by molar-refractivity contribution is 5.93. The van der Waals surface area contributed by atoms with Crippen molar-refractivity contribution >= 4 is 5.97 Å². The van der Waals surface area contributed by atoms with E-state index in [2.05, 4.69) is 10.2 Å².